The molecule has 9 nitrogen and oxygen atoms in total. The van der Waals surface area contributed by atoms with Crippen molar-refractivity contribution in [3.05, 3.63) is 83.4 Å². The van der Waals surface area contributed by atoms with Crippen molar-refractivity contribution >= 4 is 36.2 Å². The van der Waals surface area contributed by atoms with Gasteiger partial charge < -0.3 is 20.3 Å². The van der Waals surface area contributed by atoms with Gasteiger partial charge in [0.15, 0.2) is 6.10 Å². The molecule has 3 N–H and O–H groups in total. The molecule has 4 atom stereocenters. The molecular weight excluding hydrogens is 519 g/mol. The van der Waals surface area contributed by atoms with Gasteiger partial charge in [-0.1, -0.05) is 80.6 Å². The highest BCUT2D eigenvalue weighted by atomic mass is 31.2. The van der Waals surface area contributed by atoms with Gasteiger partial charge in [-0.3, -0.25) is 18.7 Å². The van der Waals surface area contributed by atoms with Crippen LogP contribution in [0.3, 0.4) is 0 Å². The van der Waals surface area contributed by atoms with Crippen LogP contribution in [0.15, 0.2) is 66.7 Å². The molecule has 0 saturated heterocycles. The Bertz CT molecular complexity index is 1410. The van der Waals surface area contributed by atoms with Gasteiger partial charge in [-0.05, 0) is 33.4 Å². The summed E-state index contributed by atoms with van der Waals surface area (Å²) < 4.78 is 24.3. The summed E-state index contributed by atoms with van der Waals surface area (Å²) in [7, 11) is -3.52. The van der Waals surface area contributed by atoms with Crippen LogP contribution in [0.2, 0.25) is 0 Å². The molecule has 2 amide bonds. The van der Waals surface area contributed by atoms with E-state index in [0.717, 1.165) is 16.3 Å². The van der Waals surface area contributed by atoms with E-state index in [0.29, 0.717) is 11.1 Å². The molecular formula is C29H33N2O7P. The maximum atomic E-state index is 13.9. The SMILES string of the molecule is COC(=O)[C@H](Cc1ccccc1)OP(=O)(O)C1Cc2cccc3ccc(cc23)CC(=O)N[C@@H](C(C)C)C(=O)N1. The summed E-state index contributed by atoms with van der Waals surface area (Å²) in [6.45, 7) is 3.55. The Hall–Kier alpha value is -3.52. The number of rotatable bonds is 7. The molecule has 206 valence electrons. The maximum absolute atomic E-state index is 13.9. The third kappa shape index (κ3) is 6.92. The Morgan fingerprint density at radius 3 is 2.49 bits per heavy atom. The standard InChI is InChI=1S/C29H33N2O7P/c1-18(2)27-28(33)31-26(39(35,36)38-24(29(34)37-3)15-19-8-5-4-6-9-19)17-22-11-7-10-21-13-12-20(14-23(21)22)16-25(32)30-27/h4-14,18,24,26-27H,15-17H2,1-3H3,(H,30,32)(H,31,33)(H,35,36)/t24-,26?,27-/m0/s1. The van der Waals surface area contributed by atoms with E-state index in [2.05, 4.69) is 10.6 Å². The molecule has 0 radical (unpaired) electrons. The Kier molecular flexibility index (Phi) is 8.85. The highest BCUT2D eigenvalue weighted by molar-refractivity contribution is 7.53. The number of carbonyl (C=O) groups is 3. The summed E-state index contributed by atoms with van der Waals surface area (Å²) >= 11 is 0. The molecule has 4 rings (SSSR count). The van der Waals surface area contributed by atoms with Gasteiger partial charge in [-0.15, -0.1) is 0 Å². The van der Waals surface area contributed by atoms with E-state index in [-0.39, 0.29) is 31.1 Å². The number of esters is 1. The lowest BCUT2D eigenvalue weighted by atomic mass is 9.97. The van der Waals surface area contributed by atoms with Crippen LogP contribution in [0.5, 0.6) is 0 Å². The zero-order valence-corrected chi connectivity index (χ0v) is 23.0. The Labute approximate surface area is 227 Å². The van der Waals surface area contributed by atoms with E-state index >= 15 is 0 Å². The first-order valence-corrected chi connectivity index (χ1v) is 14.4. The molecule has 3 aromatic rings. The largest absolute Gasteiger partial charge is 0.467 e. The summed E-state index contributed by atoms with van der Waals surface area (Å²) in [6.07, 6.45) is -1.34. The smallest absolute Gasteiger partial charge is 0.351 e. The van der Waals surface area contributed by atoms with E-state index in [4.69, 9.17) is 9.26 Å². The molecule has 0 spiro atoms. The minimum atomic E-state index is -4.70. The number of ether oxygens (including phenoxy) is 1. The number of benzene rings is 3. The summed E-state index contributed by atoms with van der Waals surface area (Å²) in [6, 6.07) is 19.1. The summed E-state index contributed by atoms with van der Waals surface area (Å²) in [5.41, 5.74) is 2.15. The average molecular weight is 553 g/mol. The van der Waals surface area contributed by atoms with Gasteiger partial charge in [0, 0.05) is 12.8 Å². The predicted molar refractivity (Wildman–Crippen MR) is 147 cm³/mol. The number of carbonyl (C=O) groups excluding carboxylic acids is 3. The number of amides is 2. The maximum Gasteiger partial charge on any atom is 0.351 e. The fourth-order valence-corrected chi connectivity index (χ4v) is 6.10. The molecule has 0 fully saturated rings. The summed E-state index contributed by atoms with van der Waals surface area (Å²) in [4.78, 5) is 50.1. The number of fused-ring (bicyclic) bond motifs is 1. The van der Waals surface area contributed by atoms with Gasteiger partial charge in [-0.2, -0.15) is 0 Å². The zero-order valence-electron chi connectivity index (χ0n) is 22.1. The highest BCUT2D eigenvalue weighted by Gasteiger charge is 2.41. The Morgan fingerprint density at radius 1 is 1.05 bits per heavy atom. The van der Waals surface area contributed by atoms with Crippen molar-refractivity contribution in [3.63, 3.8) is 0 Å². The number of hydrogen-bond acceptors (Lipinski definition) is 6. The molecule has 1 aliphatic heterocycles. The second-order valence-corrected chi connectivity index (χ2v) is 12.0. The molecule has 0 aromatic heterocycles. The summed E-state index contributed by atoms with van der Waals surface area (Å²) in [5.74, 6) is -3.47. The second kappa shape index (κ2) is 12.1. The van der Waals surface area contributed by atoms with E-state index in [1.54, 1.807) is 44.2 Å². The van der Waals surface area contributed by atoms with Crippen LogP contribution in [0, 0.1) is 5.92 Å². The third-order valence-electron chi connectivity index (χ3n) is 6.79. The summed E-state index contributed by atoms with van der Waals surface area (Å²) in [5, 5.41) is 7.08. The minimum absolute atomic E-state index is 0.00103. The average Bonchev–Trinajstić information content (AvgIpc) is 2.90. The number of methoxy groups -OCH3 is 1. The molecule has 0 aliphatic carbocycles. The van der Waals surface area contributed by atoms with Crippen molar-refractivity contribution in [3.8, 4) is 0 Å². The third-order valence-corrected chi connectivity index (χ3v) is 8.45. The van der Waals surface area contributed by atoms with Gasteiger partial charge in [0.1, 0.15) is 11.8 Å². The van der Waals surface area contributed by atoms with E-state index in [9.17, 15) is 23.8 Å². The van der Waals surface area contributed by atoms with Crippen LogP contribution in [0.1, 0.15) is 30.5 Å². The van der Waals surface area contributed by atoms with Gasteiger partial charge in [0.2, 0.25) is 11.8 Å². The fourth-order valence-electron chi connectivity index (χ4n) is 4.71. The number of hydrogen-bond donors (Lipinski definition) is 3. The van der Waals surface area contributed by atoms with Crippen LogP contribution >= 0.6 is 7.60 Å². The molecule has 39 heavy (non-hydrogen) atoms. The van der Waals surface area contributed by atoms with Crippen molar-refractivity contribution in [2.45, 2.75) is 51.0 Å². The molecule has 1 aliphatic rings. The van der Waals surface area contributed by atoms with Crippen molar-refractivity contribution in [2.75, 3.05) is 7.11 Å². The zero-order chi connectivity index (χ0) is 28.2. The molecule has 0 saturated carbocycles. The molecule has 10 heteroatoms. The van der Waals surface area contributed by atoms with Crippen molar-refractivity contribution in [2.24, 2.45) is 5.92 Å². The predicted octanol–water partition coefficient (Wildman–Crippen LogP) is 3.51. The molecule has 2 unspecified atom stereocenters. The highest BCUT2D eigenvalue weighted by Crippen LogP contribution is 2.49. The Morgan fingerprint density at radius 2 is 1.79 bits per heavy atom. The number of nitrogens with one attached hydrogen (secondary N) is 2. The van der Waals surface area contributed by atoms with E-state index < -0.39 is 37.4 Å². The first-order chi connectivity index (χ1) is 18.6. The van der Waals surface area contributed by atoms with Crippen molar-refractivity contribution in [1.82, 2.24) is 10.6 Å². The topological polar surface area (TPSA) is 131 Å². The van der Waals surface area contributed by atoms with E-state index in [1.807, 2.05) is 36.4 Å². The van der Waals surface area contributed by atoms with Crippen LogP contribution in [0.4, 0.5) is 0 Å². The van der Waals surface area contributed by atoms with Crippen LogP contribution in [0.25, 0.3) is 10.8 Å². The van der Waals surface area contributed by atoms with Crippen molar-refractivity contribution < 1.29 is 33.1 Å². The fraction of sp³-hybridized carbons (Fsp3) is 0.345. The van der Waals surface area contributed by atoms with Gasteiger partial charge >= 0.3 is 13.6 Å². The molecule has 2 bridgehead atoms. The van der Waals surface area contributed by atoms with Gasteiger partial charge in [0.25, 0.3) is 0 Å². The molecule has 1 heterocycles. The molecule has 3 aromatic carbocycles. The lowest BCUT2D eigenvalue weighted by molar-refractivity contribution is -0.149. The van der Waals surface area contributed by atoms with E-state index in [1.165, 1.54) is 7.11 Å². The van der Waals surface area contributed by atoms with Gasteiger partial charge in [-0.25, -0.2) is 4.79 Å². The van der Waals surface area contributed by atoms with Crippen molar-refractivity contribution in [1.29, 1.82) is 0 Å². The normalized spacial score (nSPS) is 20.3. The van der Waals surface area contributed by atoms with Crippen LogP contribution in [-0.4, -0.2) is 47.7 Å². The lowest BCUT2D eigenvalue weighted by Gasteiger charge is -2.30. The quantitative estimate of drug-likeness (QED) is 0.302. The first-order valence-electron chi connectivity index (χ1n) is 12.8. The lowest BCUT2D eigenvalue weighted by Crippen LogP contribution is -2.53. The van der Waals surface area contributed by atoms with Gasteiger partial charge in [0.05, 0.1) is 13.5 Å². The van der Waals surface area contributed by atoms with Crippen LogP contribution in [-0.2, 0) is 47.5 Å². The minimum Gasteiger partial charge on any atom is -0.467 e. The first kappa shape index (κ1) is 28.5. The van der Waals surface area contributed by atoms with Crippen LogP contribution < -0.4 is 10.6 Å². The Balaban J connectivity index is 1.75. The monoisotopic (exact) mass is 552 g/mol. The second-order valence-electron chi connectivity index (χ2n) is 10.0.